The van der Waals surface area contributed by atoms with Crippen molar-refractivity contribution in [3.05, 3.63) is 41.6 Å². The summed E-state index contributed by atoms with van der Waals surface area (Å²) in [5, 5.41) is 0. The number of para-hydroxylation sites is 1. The molecule has 1 heterocycles. The van der Waals surface area contributed by atoms with E-state index in [4.69, 9.17) is 5.73 Å². The molecule has 1 aliphatic heterocycles. The molecule has 2 N–H and O–H groups in total. The lowest BCUT2D eigenvalue weighted by Gasteiger charge is -2.28. The molecular formula is C18H26N2O. The summed E-state index contributed by atoms with van der Waals surface area (Å²) >= 11 is 0. The van der Waals surface area contributed by atoms with E-state index < -0.39 is 0 Å². The van der Waals surface area contributed by atoms with Crippen LogP contribution >= 0.6 is 0 Å². The van der Waals surface area contributed by atoms with Crippen molar-refractivity contribution in [2.24, 2.45) is 5.73 Å². The first-order valence-corrected chi connectivity index (χ1v) is 8.07. The van der Waals surface area contributed by atoms with Gasteiger partial charge in [0.25, 0.3) is 0 Å². The van der Waals surface area contributed by atoms with E-state index >= 15 is 0 Å². The Labute approximate surface area is 127 Å². The highest BCUT2D eigenvalue weighted by atomic mass is 16.1. The highest BCUT2D eigenvalue weighted by Gasteiger charge is 2.19. The molecule has 21 heavy (non-hydrogen) atoms. The number of hydrogen-bond donors (Lipinski definition) is 1. The molecule has 0 saturated carbocycles. The second-order valence-corrected chi connectivity index (χ2v) is 5.79. The minimum absolute atomic E-state index is 0.308. The lowest BCUT2D eigenvalue weighted by Crippen LogP contribution is -2.28. The number of nitrogens with two attached hydrogens (primary N) is 1. The average Bonchev–Trinajstić information content (AvgIpc) is 2.50. The number of fused-ring (bicyclic) bond motifs is 1. The maximum absolute atomic E-state index is 11.5. The Kier molecular flexibility index (Phi) is 5.85. The van der Waals surface area contributed by atoms with Gasteiger partial charge in [0.2, 0.25) is 5.91 Å². The molecule has 0 spiro atoms. The van der Waals surface area contributed by atoms with Crippen molar-refractivity contribution in [3.63, 3.8) is 0 Å². The third kappa shape index (κ3) is 4.35. The maximum atomic E-state index is 11.5. The van der Waals surface area contributed by atoms with Crippen LogP contribution in [0.5, 0.6) is 0 Å². The van der Waals surface area contributed by atoms with Crippen molar-refractivity contribution in [1.82, 2.24) is 0 Å². The van der Waals surface area contributed by atoms with E-state index in [0.717, 1.165) is 13.0 Å². The fraction of sp³-hybridized carbons (Fsp3) is 0.500. The second-order valence-electron chi connectivity index (χ2n) is 5.79. The van der Waals surface area contributed by atoms with Gasteiger partial charge in [0.05, 0.1) is 0 Å². The molecule has 0 fully saturated rings. The van der Waals surface area contributed by atoms with Crippen molar-refractivity contribution in [3.8, 4) is 0 Å². The summed E-state index contributed by atoms with van der Waals surface area (Å²) in [5.41, 5.74) is 8.58. The van der Waals surface area contributed by atoms with Crippen molar-refractivity contribution in [2.45, 2.75) is 51.9 Å². The normalized spacial score (nSPS) is 13.8. The summed E-state index contributed by atoms with van der Waals surface area (Å²) in [7, 11) is 0. The molecule has 3 heteroatoms. The van der Waals surface area contributed by atoms with Crippen LogP contribution in [0.2, 0.25) is 0 Å². The molecule has 1 amide bonds. The molecule has 1 aromatic carbocycles. The molecule has 0 atom stereocenters. The van der Waals surface area contributed by atoms with Gasteiger partial charge in [-0.25, -0.2) is 0 Å². The van der Waals surface area contributed by atoms with Gasteiger partial charge in [-0.05, 0) is 18.1 Å². The molecule has 2 rings (SSSR count). The van der Waals surface area contributed by atoms with Crippen LogP contribution in [0, 0.1) is 0 Å². The van der Waals surface area contributed by atoms with Gasteiger partial charge >= 0.3 is 0 Å². The molecule has 0 unspecified atom stereocenters. The molecule has 0 aliphatic carbocycles. The zero-order valence-corrected chi connectivity index (χ0v) is 13.0. The second kappa shape index (κ2) is 7.87. The fourth-order valence-corrected chi connectivity index (χ4v) is 2.85. The van der Waals surface area contributed by atoms with Crippen LogP contribution < -0.4 is 10.6 Å². The van der Waals surface area contributed by atoms with E-state index in [2.05, 4.69) is 30.0 Å². The number of rotatable bonds is 8. The molecule has 114 valence electrons. The average molecular weight is 286 g/mol. The van der Waals surface area contributed by atoms with Crippen LogP contribution in [0.25, 0.3) is 0 Å². The van der Waals surface area contributed by atoms with Crippen LogP contribution in [0.4, 0.5) is 5.69 Å². The summed E-state index contributed by atoms with van der Waals surface area (Å²) in [6.07, 6.45) is 10.2. The smallest absolute Gasteiger partial charge is 0.246 e. The van der Waals surface area contributed by atoms with Crippen molar-refractivity contribution in [2.75, 3.05) is 11.4 Å². The predicted octanol–water partition coefficient (Wildman–Crippen LogP) is 3.78. The predicted molar refractivity (Wildman–Crippen MR) is 88.1 cm³/mol. The van der Waals surface area contributed by atoms with Crippen molar-refractivity contribution >= 4 is 11.6 Å². The minimum atomic E-state index is -0.308. The molecule has 0 aromatic heterocycles. The van der Waals surface area contributed by atoms with Crippen LogP contribution in [0.15, 0.2) is 36.0 Å². The number of carbonyl (C=O) groups excluding carboxylic acids is 1. The van der Waals surface area contributed by atoms with E-state index in [-0.39, 0.29) is 5.91 Å². The fourth-order valence-electron chi connectivity index (χ4n) is 2.85. The Balaban J connectivity index is 1.95. The van der Waals surface area contributed by atoms with Gasteiger partial charge in [-0.3, -0.25) is 4.79 Å². The van der Waals surface area contributed by atoms with E-state index in [1.54, 1.807) is 0 Å². The number of hydrogen-bond acceptors (Lipinski definition) is 2. The molecular weight excluding hydrogens is 260 g/mol. The third-order valence-electron chi connectivity index (χ3n) is 4.06. The zero-order chi connectivity index (χ0) is 15.1. The summed E-state index contributed by atoms with van der Waals surface area (Å²) in [5.74, 6) is -0.308. The van der Waals surface area contributed by atoms with E-state index in [0.29, 0.717) is 12.0 Å². The number of carbonyl (C=O) groups is 1. The maximum Gasteiger partial charge on any atom is 0.246 e. The summed E-state index contributed by atoms with van der Waals surface area (Å²) in [4.78, 5) is 13.7. The molecule has 0 radical (unpaired) electrons. The first-order valence-electron chi connectivity index (χ1n) is 8.07. The monoisotopic (exact) mass is 286 g/mol. The van der Waals surface area contributed by atoms with E-state index in [9.17, 15) is 4.79 Å². The van der Waals surface area contributed by atoms with Crippen molar-refractivity contribution in [1.29, 1.82) is 0 Å². The summed E-state index contributed by atoms with van der Waals surface area (Å²) in [6, 6.07) is 8.28. The number of benzene rings is 1. The highest BCUT2D eigenvalue weighted by Crippen LogP contribution is 2.29. The minimum Gasteiger partial charge on any atom is -0.366 e. The number of primary amides is 1. The number of nitrogens with zero attached hydrogens (tertiary/aromatic N) is 1. The number of amides is 1. The largest absolute Gasteiger partial charge is 0.366 e. The number of unbranched alkanes of at least 4 members (excludes halogenated alkanes) is 5. The molecule has 1 aromatic rings. The Morgan fingerprint density at radius 3 is 2.62 bits per heavy atom. The van der Waals surface area contributed by atoms with E-state index in [1.165, 1.54) is 43.4 Å². The van der Waals surface area contributed by atoms with Crippen LogP contribution in [-0.4, -0.2) is 12.5 Å². The van der Waals surface area contributed by atoms with Crippen molar-refractivity contribution < 1.29 is 4.79 Å². The van der Waals surface area contributed by atoms with Gasteiger partial charge in [-0.1, -0.05) is 57.2 Å². The van der Waals surface area contributed by atoms with Gasteiger partial charge in [0, 0.05) is 30.4 Å². The van der Waals surface area contributed by atoms with Crippen LogP contribution in [0.3, 0.4) is 0 Å². The first-order chi connectivity index (χ1) is 10.2. The van der Waals surface area contributed by atoms with Gasteiger partial charge in [-0.2, -0.15) is 0 Å². The Morgan fingerprint density at radius 2 is 1.86 bits per heavy atom. The zero-order valence-electron chi connectivity index (χ0n) is 13.0. The van der Waals surface area contributed by atoms with Crippen LogP contribution in [0.1, 0.15) is 51.0 Å². The highest BCUT2D eigenvalue weighted by molar-refractivity contribution is 5.94. The first kappa shape index (κ1) is 15.6. The van der Waals surface area contributed by atoms with Gasteiger partial charge in [-0.15, -0.1) is 0 Å². The Morgan fingerprint density at radius 1 is 1.14 bits per heavy atom. The Hall–Kier alpha value is -1.77. The standard InChI is InChI=1S/C18H26N2O/c1-2-3-4-5-6-9-12-20-14-16(18(19)21)13-15-10-7-8-11-17(15)20/h7-8,10-11,14H,2-6,9,12-13H2,1H3,(H2,19,21). The molecule has 1 aliphatic rings. The number of anilines is 1. The SMILES string of the molecule is CCCCCCCCN1C=C(C(N)=O)Cc2ccccc21. The van der Waals surface area contributed by atoms with Gasteiger partial charge in [0.1, 0.15) is 0 Å². The lowest BCUT2D eigenvalue weighted by molar-refractivity contribution is -0.114. The molecule has 0 saturated heterocycles. The van der Waals surface area contributed by atoms with Gasteiger partial charge < -0.3 is 10.6 Å². The summed E-state index contributed by atoms with van der Waals surface area (Å²) in [6.45, 7) is 3.20. The lowest BCUT2D eigenvalue weighted by atomic mass is 9.99. The molecule has 0 bridgehead atoms. The topological polar surface area (TPSA) is 46.3 Å². The summed E-state index contributed by atoms with van der Waals surface area (Å²) < 4.78 is 0. The van der Waals surface area contributed by atoms with Crippen LogP contribution in [-0.2, 0) is 11.2 Å². The third-order valence-corrected chi connectivity index (χ3v) is 4.06. The van der Waals surface area contributed by atoms with E-state index in [1.807, 2.05) is 12.3 Å². The quantitative estimate of drug-likeness (QED) is 0.739. The Bertz CT molecular complexity index is 508. The molecule has 3 nitrogen and oxygen atoms in total. The van der Waals surface area contributed by atoms with Gasteiger partial charge in [0.15, 0.2) is 0 Å².